The molecule has 0 aromatic heterocycles. The van der Waals surface area contributed by atoms with Crippen molar-refractivity contribution in [2.45, 2.75) is 25.6 Å². The van der Waals surface area contributed by atoms with Gasteiger partial charge in [0.1, 0.15) is 5.75 Å². The summed E-state index contributed by atoms with van der Waals surface area (Å²) in [6, 6.07) is 4.07. The van der Waals surface area contributed by atoms with Crippen molar-refractivity contribution in [2.75, 3.05) is 13.7 Å². The van der Waals surface area contributed by atoms with Gasteiger partial charge in [-0.25, -0.2) is 0 Å². The van der Waals surface area contributed by atoms with Gasteiger partial charge >= 0.3 is 6.18 Å². The summed E-state index contributed by atoms with van der Waals surface area (Å²) in [5, 5.41) is 2.81. The Kier molecular flexibility index (Phi) is 5.71. The van der Waals surface area contributed by atoms with Gasteiger partial charge in [-0.2, -0.15) is 13.2 Å². The van der Waals surface area contributed by atoms with Crippen LogP contribution in [0.3, 0.4) is 0 Å². The molecule has 1 aromatic carbocycles. The Hall–Kier alpha value is -1.67. The van der Waals surface area contributed by atoms with Crippen molar-refractivity contribution in [3.05, 3.63) is 29.3 Å². The second kappa shape index (κ2) is 7.05. The minimum absolute atomic E-state index is 0.149. The summed E-state index contributed by atoms with van der Waals surface area (Å²) in [5.41, 5.74) is -0.188. The monoisotopic (exact) mass is 271 g/mol. The highest BCUT2D eigenvalue weighted by atomic mass is 19.4. The molecular weight excluding hydrogens is 255 g/mol. The number of nitrogens with one attached hydrogen (secondary N) is 1. The number of ether oxygens (including phenoxy) is 1. The maximum atomic E-state index is 12.9. The van der Waals surface area contributed by atoms with Crippen LogP contribution in [0.25, 0.3) is 0 Å². The molecule has 0 saturated carbocycles. The maximum absolute atomic E-state index is 12.9. The van der Waals surface area contributed by atoms with Gasteiger partial charge in [0, 0.05) is 13.0 Å². The van der Waals surface area contributed by atoms with E-state index in [4.69, 9.17) is 11.2 Å². The van der Waals surface area contributed by atoms with Gasteiger partial charge in [0.2, 0.25) is 0 Å². The first-order chi connectivity index (χ1) is 8.99. The fourth-order valence-electron chi connectivity index (χ4n) is 1.59. The van der Waals surface area contributed by atoms with Crippen LogP contribution in [-0.2, 0) is 12.7 Å². The lowest BCUT2D eigenvalue weighted by molar-refractivity contribution is -0.139. The molecule has 0 heterocycles. The van der Waals surface area contributed by atoms with Crippen molar-refractivity contribution in [2.24, 2.45) is 0 Å². The van der Waals surface area contributed by atoms with Crippen LogP contribution in [0.1, 0.15) is 24.0 Å². The Labute approximate surface area is 111 Å². The summed E-state index contributed by atoms with van der Waals surface area (Å²) in [5.74, 6) is 2.27. The van der Waals surface area contributed by atoms with E-state index in [9.17, 15) is 13.2 Å². The average Bonchev–Trinajstić information content (AvgIpc) is 2.35. The molecule has 0 amide bonds. The summed E-state index contributed by atoms with van der Waals surface area (Å²) >= 11 is 0. The predicted molar refractivity (Wildman–Crippen MR) is 67.8 cm³/mol. The normalized spacial score (nSPS) is 11.1. The summed E-state index contributed by atoms with van der Waals surface area (Å²) < 4.78 is 43.9. The zero-order valence-corrected chi connectivity index (χ0v) is 10.7. The van der Waals surface area contributed by atoms with Crippen LogP contribution >= 0.6 is 0 Å². The lowest BCUT2D eigenvalue weighted by atomic mass is 10.1. The van der Waals surface area contributed by atoms with Crippen molar-refractivity contribution in [3.63, 3.8) is 0 Å². The van der Waals surface area contributed by atoms with Crippen LogP contribution in [0.2, 0.25) is 0 Å². The Morgan fingerprint density at radius 3 is 2.68 bits per heavy atom. The molecule has 1 N–H and O–H groups in total. The minimum Gasteiger partial charge on any atom is -0.493 e. The lowest BCUT2D eigenvalue weighted by Crippen LogP contribution is -2.12. The van der Waals surface area contributed by atoms with E-state index >= 15 is 0 Å². The predicted octanol–water partition coefficient (Wildman–Crippen LogP) is 3.22. The first-order valence-corrected chi connectivity index (χ1v) is 5.90. The molecule has 0 atom stereocenters. The van der Waals surface area contributed by atoms with Crippen LogP contribution in [0.4, 0.5) is 13.2 Å². The van der Waals surface area contributed by atoms with Crippen LogP contribution < -0.4 is 10.1 Å². The van der Waals surface area contributed by atoms with Gasteiger partial charge in [0.05, 0.1) is 12.2 Å². The van der Waals surface area contributed by atoms with Crippen LogP contribution in [0, 0.1) is 12.3 Å². The number of unbranched alkanes of at least 4 members (excludes halogenated alkanes) is 1. The molecule has 5 heteroatoms. The lowest BCUT2D eigenvalue weighted by Gasteiger charge is -2.15. The number of hydrogen-bond acceptors (Lipinski definition) is 2. The van der Waals surface area contributed by atoms with E-state index in [1.54, 1.807) is 13.1 Å². The highest BCUT2D eigenvalue weighted by Gasteiger charge is 2.34. The number of alkyl halides is 3. The van der Waals surface area contributed by atoms with Gasteiger partial charge in [-0.05, 0) is 31.2 Å². The highest BCUT2D eigenvalue weighted by Crippen LogP contribution is 2.36. The van der Waals surface area contributed by atoms with Crippen molar-refractivity contribution < 1.29 is 17.9 Å². The minimum atomic E-state index is -4.43. The van der Waals surface area contributed by atoms with Gasteiger partial charge in [0.25, 0.3) is 0 Å². The standard InChI is InChI=1S/C14H16F3NO/c1-3-4-5-8-19-13-7-6-11(10-18-2)9-12(13)14(15,16)17/h1,6-7,9,18H,4-5,8,10H2,2H3. The molecular formula is C14H16F3NO. The molecule has 1 aromatic rings. The van der Waals surface area contributed by atoms with Gasteiger partial charge in [-0.15, -0.1) is 12.3 Å². The number of rotatable bonds is 6. The molecule has 0 spiro atoms. The van der Waals surface area contributed by atoms with E-state index < -0.39 is 11.7 Å². The maximum Gasteiger partial charge on any atom is 0.419 e. The Balaban J connectivity index is 2.87. The fraction of sp³-hybridized carbons (Fsp3) is 0.429. The zero-order chi connectivity index (χ0) is 14.3. The molecule has 104 valence electrons. The molecule has 0 bridgehead atoms. The van der Waals surface area contributed by atoms with Crippen molar-refractivity contribution in [1.82, 2.24) is 5.32 Å². The molecule has 0 aliphatic carbocycles. The highest BCUT2D eigenvalue weighted by molar-refractivity contribution is 5.39. The molecule has 2 nitrogen and oxygen atoms in total. The molecule has 1 rings (SSSR count). The van der Waals surface area contributed by atoms with Crippen LogP contribution in [-0.4, -0.2) is 13.7 Å². The molecule has 0 radical (unpaired) electrons. The fourth-order valence-corrected chi connectivity index (χ4v) is 1.59. The molecule has 19 heavy (non-hydrogen) atoms. The van der Waals surface area contributed by atoms with Crippen molar-refractivity contribution >= 4 is 0 Å². The van der Waals surface area contributed by atoms with Gasteiger partial charge in [-0.1, -0.05) is 6.07 Å². The van der Waals surface area contributed by atoms with Gasteiger partial charge < -0.3 is 10.1 Å². The summed E-state index contributed by atoms with van der Waals surface area (Å²) in [7, 11) is 1.68. The van der Waals surface area contributed by atoms with Gasteiger partial charge in [0.15, 0.2) is 0 Å². The van der Waals surface area contributed by atoms with Crippen molar-refractivity contribution in [3.8, 4) is 18.1 Å². The van der Waals surface area contributed by atoms with Gasteiger partial charge in [-0.3, -0.25) is 0 Å². The molecule has 0 fully saturated rings. The molecule has 0 aliphatic rings. The van der Waals surface area contributed by atoms with E-state index in [0.717, 1.165) is 6.07 Å². The largest absolute Gasteiger partial charge is 0.493 e. The quantitative estimate of drug-likeness (QED) is 0.633. The summed E-state index contributed by atoms with van der Waals surface area (Å²) in [6.45, 7) is 0.555. The average molecular weight is 271 g/mol. The summed E-state index contributed by atoms with van der Waals surface area (Å²) in [6.07, 6.45) is 1.66. The second-order valence-electron chi connectivity index (χ2n) is 4.01. The molecule has 0 saturated heterocycles. The van der Waals surface area contributed by atoms with Crippen molar-refractivity contribution in [1.29, 1.82) is 0 Å². The van der Waals surface area contributed by atoms with E-state index in [1.165, 1.54) is 6.07 Å². The first kappa shape index (κ1) is 15.4. The molecule has 0 unspecified atom stereocenters. The number of terminal acetylenes is 1. The van der Waals surface area contributed by atoms with E-state index in [1.807, 2.05) is 0 Å². The number of halogens is 3. The smallest absolute Gasteiger partial charge is 0.419 e. The SMILES string of the molecule is C#CCCCOc1ccc(CNC)cc1C(F)(F)F. The third-order valence-corrected chi connectivity index (χ3v) is 2.45. The third kappa shape index (κ3) is 4.84. The summed E-state index contributed by atoms with van der Waals surface area (Å²) in [4.78, 5) is 0. The van der Waals surface area contributed by atoms with Crippen LogP contribution in [0.5, 0.6) is 5.75 Å². The zero-order valence-electron chi connectivity index (χ0n) is 10.7. The second-order valence-corrected chi connectivity index (χ2v) is 4.01. The number of hydrogen-bond donors (Lipinski definition) is 1. The molecule has 0 aliphatic heterocycles. The van der Waals surface area contributed by atoms with Crippen LogP contribution in [0.15, 0.2) is 18.2 Å². The Morgan fingerprint density at radius 2 is 2.11 bits per heavy atom. The first-order valence-electron chi connectivity index (χ1n) is 5.90. The van der Waals surface area contributed by atoms with E-state index in [0.29, 0.717) is 24.9 Å². The topological polar surface area (TPSA) is 21.3 Å². The van der Waals surface area contributed by atoms with E-state index in [-0.39, 0.29) is 12.4 Å². The Morgan fingerprint density at radius 1 is 1.37 bits per heavy atom. The van der Waals surface area contributed by atoms with E-state index in [2.05, 4.69) is 11.2 Å². The Bertz CT molecular complexity index is 449. The third-order valence-electron chi connectivity index (χ3n) is 2.45. The number of benzene rings is 1.